The van der Waals surface area contributed by atoms with Crippen LogP contribution in [0.15, 0.2) is 12.2 Å². The van der Waals surface area contributed by atoms with Crippen molar-refractivity contribution in [3.63, 3.8) is 0 Å². The topological polar surface area (TPSA) is 69.2 Å². The summed E-state index contributed by atoms with van der Waals surface area (Å²) in [6.07, 6.45) is 22.6. The second-order valence-electron chi connectivity index (χ2n) is 7.49. The molecule has 0 spiro atoms. The molecule has 0 aliphatic rings. The third-order valence-electron chi connectivity index (χ3n) is 4.74. The summed E-state index contributed by atoms with van der Waals surface area (Å²) in [5, 5.41) is 3.10. The van der Waals surface area contributed by atoms with Gasteiger partial charge in [-0.3, -0.25) is 0 Å². The Balaban J connectivity index is 0. The Morgan fingerprint density at radius 2 is 1.33 bits per heavy atom. The van der Waals surface area contributed by atoms with E-state index < -0.39 is 10.1 Å². The molecule has 0 heterocycles. The van der Waals surface area contributed by atoms with Crippen LogP contribution in [0.5, 0.6) is 0 Å². The third-order valence-corrected chi connectivity index (χ3v) is 5.45. The van der Waals surface area contributed by atoms with Gasteiger partial charge in [-0.25, -0.2) is 8.42 Å². The van der Waals surface area contributed by atoms with Crippen molar-refractivity contribution >= 4 is 10.1 Å². The van der Waals surface area contributed by atoms with Gasteiger partial charge in [-0.2, -0.15) is 0 Å². The second-order valence-corrected chi connectivity index (χ2v) is 9.01. The fourth-order valence-corrected chi connectivity index (χ4v) is 3.42. The van der Waals surface area contributed by atoms with Gasteiger partial charge in [0, 0.05) is 12.6 Å². The molecule has 0 saturated heterocycles. The van der Waals surface area contributed by atoms with Crippen molar-refractivity contribution in [1.29, 1.82) is 0 Å². The maximum absolute atomic E-state index is 10.5. The monoisotopic (exact) mass is 411 g/mol. The summed E-state index contributed by atoms with van der Waals surface area (Å²) in [7, 11) is -4.09. The zero-order chi connectivity index (χ0) is 19.5. The van der Waals surface area contributed by atoms with Crippen LogP contribution in [-0.2, 0) is 10.1 Å². The van der Waals surface area contributed by atoms with E-state index >= 15 is 0 Å². The van der Waals surface area contributed by atoms with Gasteiger partial charge < -0.3 is 9.87 Å². The van der Waals surface area contributed by atoms with Crippen LogP contribution in [0, 0.1) is 0 Å². The summed E-state index contributed by atoms with van der Waals surface area (Å²) in [5.74, 6) is -0.316. The molecule has 27 heavy (non-hydrogen) atoms. The van der Waals surface area contributed by atoms with Crippen molar-refractivity contribution in [2.45, 2.75) is 110 Å². The maximum Gasteiger partial charge on any atom is 1.00 e. The van der Waals surface area contributed by atoms with E-state index in [0.717, 1.165) is 12.8 Å². The molecule has 0 saturated carbocycles. The summed E-state index contributed by atoms with van der Waals surface area (Å²) in [6, 6.07) is 0.279. The van der Waals surface area contributed by atoms with E-state index in [9.17, 15) is 13.0 Å². The van der Waals surface area contributed by atoms with E-state index in [1.54, 1.807) is 0 Å². The number of allylic oxidation sites excluding steroid dienone is 2. The summed E-state index contributed by atoms with van der Waals surface area (Å²) in [4.78, 5) is 0. The molecule has 0 aromatic heterocycles. The molecule has 1 N–H and O–H groups in total. The van der Waals surface area contributed by atoms with Crippen LogP contribution in [0.2, 0.25) is 0 Å². The normalized spacial score (nSPS) is 13.0. The fourth-order valence-electron chi connectivity index (χ4n) is 3.05. The van der Waals surface area contributed by atoms with Crippen LogP contribution < -0.4 is 34.9 Å². The fraction of sp³-hybridized carbons (Fsp3) is 0.905. The summed E-state index contributed by atoms with van der Waals surface area (Å²) in [5.41, 5.74) is 0. The minimum absolute atomic E-state index is 0. The number of hydrogen-bond acceptors (Lipinski definition) is 4. The first-order valence-corrected chi connectivity index (χ1v) is 12.4. The van der Waals surface area contributed by atoms with Gasteiger partial charge in [0.05, 0.1) is 15.9 Å². The standard InChI is InChI=1S/C21H43NO3S.Na/c1-3-4-5-6-7-8-9-10-11-12-13-14-15-16-17-18-21(2)22-19-20-26(23,24)25;/h10-11,21-22H,3-9,12-20H2,1-2H3,(H,23,24,25);/q;+1/p-1/b11-10-;. The largest absolute Gasteiger partial charge is 1.00 e. The molecule has 0 rings (SSSR count). The van der Waals surface area contributed by atoms with Gasteiger partial charge in [0.2, 0.25) is 0 Å². The van der Waals surface area contributed by atoms with E-state index in [-0.39, 0.29) is 47.9 Å². The Morgan fingerprint density at radius 3 is 1.85 bits per heavy atom. The predicted molar refractivity (Wildman–Crippen MR) is 111 cm³/mol. The minimum atomic E-state index is -4.09. The molecule has 0 radical (unpaired) electrons. The number of rotatable bonds is 19. The first kappa shape index (κ1) is 29.8. The van der Waals surface area contributed by atoms with E-state index in [1.165, 1.54) is 77.0 Å². The molecule has 0 fully saturated rings. The van der Waals surface area contributed by atoms with Crippen LogP contribution in [0.3, 0.4) is 0 Å². The van der Waals surface area contributed by atoms with Gasteiger partial charge in [0.15, 0.2) is 0 Å². The third kappa shape index (κ3) is 26.6. The van der Waals surface area contributed by atoms with Gasteiger partial charge in [-0.15, -0.1) is 0 Å². The summed E-state index contributed by atoms with van der Waals surface area (Å²) >= 11 is 0. The molecule has 1 unspecified atom stereocenters. The predicted octanol–water partition coefficient (Wildman–Crippen LogP) is 2.55. The Bertz CT molecular complexity index is 427. The summed E-state index contributed by atoms with van der Waals surface area (Å²) in [6.45, 7) is 4.57. The molecule has 6 heteroatoms. The van der Waals surface area contributed by atoms with Crippen LogP contribution in [0.25, 0.3) is 0 Å². The number of nitrogens with one attached hydrogen (secondary N) is 1. The Morgan fingerprint density at radius 1 is 0.852 bits per heavy atom. The van der Waals surface area contributed by atoms with Crippen LogP contribution in [-0.4, -0.2) is 31.3 Å². The van der Waals surface area contributed by atoms with Gasteiger partial charge in [-0.05, 0) is 39.0 Å². The first-order chi connectivity index (χ1) is 12.5. The maximum atomic E-state index is 10.5. The summed E-state index contributed by atoms with van der Waals surface area (Å²) < 4.78 is 31.6. The quantitative estimate of drug-likeness (QED) is 0.153. The molecule has 1 atom stereocenters. The molecular weight excluding hydrogens is 369 g/mol. The average Bonchev–Trinajstić information content (AvgIpc) is 2.57. The molecule has 0 bridgehead atoms. The van der Waals surface area contributed by atoms with Gasteiger partial charge in [0.25, 0.3) is 0 Å². The molecule has 0 amide bonds. The van der Waals surface area contributed by atoms with E-state index in [0.29, 0.717) is 0 Å². The van der Waals surface area contributed by atoms with Crippen molar-refractivity contribution in [1.82, 2.24) is 5.32 Å². The number of unbranched alkanes of at least 4 members (excludes halogenated alkanes) is 11. The van der Waals surface area contributed by atoms with Gasteiger partial charge in [0.1, 0.15) is 0 Å². The molecule has 156 valence electrons. The average molecular weight is 412 g/mol. The van der Waals surface area contributed by atoms with Crippen molar-refractivity contribution < 1.29 is 42.5 Å². The smallest absolute Gasteiger partial charge is 0.748 e. The van der Waals surface area contributed by atoms with Crippen molar-refractivity contribution in [3.8, 4) is 0 Å². The molecule has 0 aliphatic heterocycles. The molecule has 0 aliphatic carbocycles. The SMILES string of the molecule is CCCCCCCC/C=C\CCCCCCCC(C)NCCS(=O)(=O)[O-].[Na+]. The zero-order valence-electron chi connectivity index (χ0n) is 18.2. The van der Waals surface area contributed by atoms with Crippen LogP contribution in [0.1, 0.15) is 104 Å². The van der Waals surface area contributed by atoms with Crippen LogP contribution >= 0.6 is 0 Å². The van der Waals surface area contributed by atoms with E-state index in [2.05, 4.69) is 24.4 Å². The van der Waals surface area contributed by atoms with Gasteiger partial charge >= 0.3 is 29.6 Å². The Hall–Kier alpha value is 0.610. The second kappa shape index (κ2) is 21.3. The van der Waals surface area contributed by atoms with Crippen molar-refractivity contribution in [3.05, 3.63) is 12.2 Å². The first-order valence-electron chi connectivity index (χ1n) is 10.8. The van der Waals surface area contributed by atoms with Crippen molar-refractivity contribution in [2.24, 2.45) is 0 Å². The van der Waals surface area contributed by atoms with Gasteiger partial charge in [-0.1, -0.05) is 76.9 Å². The minimum Gasteiger partial charge on any atom is -0.748 e. The number of hydrogen-bond donors (Lipinski definition) is 1. The Kier molecular flexibility index (Phi) is 23.5. The Labute approximate surface area is 191 Å². The van der Waals surface area contributed by atoms with E-state index in [4.69, 9.17) is 0 Å². The van der Waals surface area contributed by atoms with E-state index in [1.807, 2.05) is 6.92 Å². The molecule has 4 nitrogen and oxygen atoms in total. The molecule has 0 aromatic rings. The molecular formula is C21H42NNaO3S. The van der Waals surface area contributed by atoms with Crippen LogP contribution in [0.4, 0.5) is 0 Å². The molecule has 0 aromatic carbocycles. The van der Waals surface area contributed by atoms with Crippen molar-refractivity contribution in [2.75, 3.05) is 12.3 Å². The zero-order valence-corrected chi connectivity index (χ0v) is 21.0.